The lowest BCUT2D eigenvalue weighted by atomic mass is 9.85. The monoisotopic (exact) mass is 366 g/mol. The summed E-state index contributed by atoms with van der Waals surface area (Å²) < 4.78 is 2.43. The van der Waals surface area contributed by atoms with E-state index in [1.807, 2.05) is 18.6 Å². The van der Waals surface area contributed by atoms with Crippen LogP contribution >= 0.6 is 0 Å². The van der Waals surface area contributed by atoms with Crippen LogP contribution in [0.25, 0.3) is 0 Å². The average molecular weight is 367 g/mol. The number of hydrogen-bond acceptors (Lipinski definition) is 5. The summed E-state index contributed by atoms with van der Waals surface area (Å²) in [4.78, 5) is 19.1. The van der Waals surface area contributed by atoms with Crippen molar-refractivity contribution < 1.29 is 0 Å². The Kier molecular flexibility index (Phi) is 4.72. The first-order valence-corrected chi connectivity index (χ1v) is 10.7. The van der Waals surface area contributed by atoms with E-state index in [0.29, 0.717) is 5.92 Å². The molecule has 2 aromatic rings. The summed E-state index contributed by atoms with van der Waals surface area (Å²) in [6.45, 7) is 5.43. The van der Waals surface area contributed by atoms with Gasteiger partial charge in [-0.1, -0.05) is 6.42 Å². The number of aromatic nitrogens is 4. The van der Waals surface area contributed by atoms with Crippen molar-refractivity contribution in [2.24, 2.45) is 5.92 Å². The van der Waals surface area contributed by atoms with Crippen LogP contribution in [0.1, 0.15) is 56.7 Å². The Morgan fingerprint density at radius 2 is 1.52 bits per heavy atom. The van der Waals surface area contributed by atoms with Gasteiger partial charge in [-0.2, -0.15) is 0 Å². The van der Waals surface area contributed by atoms with Crippen LogP contribution in [0.2, 0.25) is 0 Å². The van der Waals surface area contributed by atoms with Crippen molar-refractivity contribution in [2.45, 2.75) is 57.4 Å². The van der Waals surface area contributed by atoms with Crippen molar-refractivity contribution in [1.29, 1.82) is 0 Å². The zero-order valence-corrected chi connectivity index (χ0v) is 16.1. The van der Waals surface area contributed by atoms with Gasteiger partial charge in [0.05, 0.1) is 0 Å². The maximum absolute atomic E-state index is 4.77. The van der Waals surface area contributed by atoms with E-state index in [2.05, 4.69) is 20.6 Å². The summed E-state index contributed by atoms with van der Waals surface area (Å²) in [6.07, 6.45) is 17.0. The Hall–Kier alpha value is -2.11. The van der Waals surface area contributed by atoms with Crippen molar-refractivity contribution in [3.05, 3.63) is 30.6 Å². The second kappa shape index (κ2) is 7.49. The molecule has 2 aromatic heterocycles. The van der Waals surface area contributed by atoms with Gasteiger partial charge in [0.2, 0.25) is 0 Å². The lowest BCUT2D eigenvalue weighted by Gasteiger charge is -2.35. The minimum absolute atomic E-state index is 0.488. The summed E-state index contributed by atoms with van der Waals surface area (Å²) in [7, 11) is 0. The molecule has 144 valence electrons. The third-order valence-corrected chi connectivity index (χ3v) is 6.58. The van der Waals surface area contributed by atoms with Gasteiger partial charge in [0, 0.05) is 63.4 Å². The molecule has 0 aromatic carbocycles. The fourth-order valence-corrected chi connectivity index (χ4v) is 4.87. The highest BCUT2D eigenvalue weighted by atomic mass is 15.3. The lowest BCUT2D eigenvalue weighted by molar-refractivity contribution is 0.270. The molecular weight excluding hydrogens is 336 g/mol. The van der Waals surface area contributed by atoms with Gasteiger partial charge in [0.15, 0.2) is 11.6 Å². The second-order valence-electron chi connectivity index (χ2n) is 8.42. The topological polar surface area (TPSA) is 50.1 Å². The standard InChI is InChI=1S/C21H30N6/c1-2-12-25(11-1)20-21(23-9-8-22-20)26-13-4-7-18(16-26)19-24-10-14-27(19)15-17-5-3-6-17/h8-10,14,17-18H,1-7,11-13,15-16H2/t18-/m0/s1. The molecule has 3 aliphatic rings. The molecular formula is C21H30N6. The van der Waals surface area contributed by atoms with Crippen LogP contribution in [-0.2, 0) is 6.54 Å². The van der Waals surface area contributed by atoms with Gasteiger partial charge in [-0.05, 0) is 44.4 Å². The van der Waals surface area contributed by atoms with Gasteiger partial charge < -0.3 is 14.4 Å². The van der Waals surface area contributed by atoms with Crippen molar-refractivity contribution >= 4 is 11.6 Å². The van der Waals surface area contributed by atoms with Crippen LogP contribution in [0.3, 0.4) is 0 Å². The molecule has 5 rings (SSSR count). The molecule has 1 aliphatic carbocycles. The van der Waals surface area contributed by atoms with Crippen LogP contribution < -0.4 is 9.80 Å². The van der Waals surface area contributed by atoms with Gasteiger partial charge in [0.25, 0.3) is 0 Å². The molecule has 0 unspecified atom stereocenters. The molecule has 0 radical (unpaired) electrons. The second-order valence-corrected chi connectivity index (χ2v) is 8.42. The molecule has 1 atom stereocenters. The summed E-state index contributed by atoms with van der Waals surface area (Å²) in [6, 6.07) is 0. The molecule has 6 nitrogen and oxygen atoms in total. The molecule has 1 saturated carbocycles. The summed E-state index contributed by atoms with van der Waals surface area (Å²) >= 11 is 0. The van der Waals surface area contributed by atoms with Gasteiger partial charge in [-0.25, -0.2) is 15.0 Å². The highest BCUT2D eigenvalue weighted by Crippen LogP contribution is 2.34. The first-order valence-electron chi connectivity index (χ1n) is 10.7. The normalized spacial score (nSPS) is 23.6. The third kappa shape index (κ3) is 3.42. The Bertz CT molecular complexity index is 762. The highest BCUT2D eigenvalue weighted by Gasteiger charge is 2.29. The van der Waals surface area contributed by atoms with E-state index in [0.717, 1.165) is 50.3 Å². The first-order chi connectivity index (χ1) is 13.4. The zero-order chi connectivity index (χ0) is 18.1. The van der Waals surface area contributed by atoms with Crippen molar-refractivity contribution in [3.63, 3.8) is 0 Å². The van der Waals surface area contributed by atoms with Gasteiger partial charge in [-0.3, -0.25) is 0 Å². The number of piperidine rings is 1. The van der Waals surface area contributed by atoms with E-state index in [4.69, 9.17) is 15.0 Å². The van der Waals surface area contributed by atoms with E-state index in [9.17, 15) is 0 Å². The maximum atomic E-state index is 4.77. The summed E-state index contributed by atoms with van der Waals surface area (Å²) in [5, 5.41) is 0. The summed E-state index contributed by atoms with van der Waals surface area (Å²) in [5.74, 6) is 4.77. The number of anilines is 2. The minimum atomic E-state index is 0.488. The van der Waals surface area contributed by atoms with E-state index in [1.165, 1.54) is 50.8 Å². The minimum Gasteiger partial charge on any atom is -0.354 e. The SMILES string of the molecule is c1cnc(N2CCC[C@H](c3nccn3CC3CCC3)C2)c(N2CCCC2)n1. The summed E-state index contributed by atoms with van der Waals surface area (Å²) in [5.41, 5.74) is 0. The van der Waals surface area contributed by atoms with Gasteiger partial charge in [-0.15, -0.1) is 0 Å². The predicted octanol–water partition coefficient (Wildman–Crippen LogP) is 3.46. The average Bonchev–Trinajstić information content (AvgIpc) is 3.37. The maximum Gasteiger partial charge on any atom is 0.172 e. The van der Waals surface area contributed by atoms with Crippen molar-refractivity contribution in [3.8, 4) is 0 Å². The molecule has 2 aliphatic heterocycles. The van der Waals surface area contributed by atoms with Crippen molar-refractivity contribution in [2.75, 3.05) is 36.0 Å². The Labute approximate surface area is 161 Å². The predicted molar refractivity (Wildman–Crippen MR) is 107 cm³/mol. The van der Waals surface area contributed by atoms with Crippen LogP contribution in [0.5, 0.6) is 0 Å². The Balaban J connectivity index is 1.35. The van der Waals surface area contributed by atoms with E-state index in [1.54, 1.807) is 0 Å². The molecule has 3 fully saturated rings. The van der Waals surface area contributed by atoms with E-state index >= 15 is 0 Å². The molecule has 0 spiro atoms. The zero-order valence-electron chi connectivity index (χ0n) is 16.1. The van der Waals surface area contributed by atoms with Crippen LogP contribution in [0.4, 0.5) is 11.6 Å². The van der Waals surface area contributed by atoms with Gasteiger partial charge in [0.1, 0.15) is 5.82 Å². The molecule has 0 N–H and O–H groups in total. The largest absolute Gasteiger partial charge is 0.354 e. The molecule has 6 heteroatoms. The number of rotatable bonds is 5. The van der Waals surface area contributed by atoms with Crippen molar-refractivity contribution in [1.82, 2.24) is 19.5 Å². The molecule has 0 bridgehead atoms. The van der Waals surface area contributed by atoms with Gasteiger partial charge >= 0.3 is 0 Å². The van der Waals surface area contributed by atoms with Crippen LogP contribution in [0, 0.1) is 5.92 Å². The fraction of sp³-hybridized carbons (Fsp3) is 0.667. The third-order valence-electron chi connectivity index (χ3n) is 6.58. The number of nitrogens with zero attached hydrogens (tertiary/aromatic N) is 6. The smallest absolute Gasteiger partial charge is 0.172 e. The van der Waals surface area contributed by atoms with Crippen LogP contribution in [0.15, 0.2) is 24.8 Å². The Morgan fingerprint density at radius 3 is 2.26 bits per heavy atom. The van der Waals surface area contributed by atoms with E-state index < -0.39 is 0 Å². The Morgan fingerprint density at radius 1 is 0.778 bits per heavy atom. The lowest BCUT2D eigenvalue weighted by Crippen LogP contribution is -2.37. The first kappa shape index (κ1) is 17.0. The van der Waals surface area contributed by atoms with Crippen LogP contribution in [-0.4, -0.2) is 45.7 Å². The number of hydrogen-bond donors (Lipinski definition) is 0. The molecule has 4 heterocycles. The highest BCUT2D eigenvalue weighted by molar-refractivity contribution is 5.63. The quantitative estimate of drug-likeness (QED) is 0.811. The number of imidazole rings is 1. The fourth-order valence-electron chi connectivity index (χ4n) is 4.87. The molecule has 2 saturated heterocycles. The van der Waals surface area contributed by atoms with E-state index in [-0.39, 0.29) is 0 Å². The molecule has 27 heavy (non-hydrogen) atoms. The molecule has 0 amide bonds.